The number of H-pyrrole nitrogens is 1. The van der Waals surface area contributed by atoms with Gasteiger partial charge in [0.2, 0.25) is 5.60 Å². The van der Waals surface area contributed by atoms with Crippen LogP contribution in [0.3, 0.4) is 0 Å². The molecule has 3 amide bonds. The van der Waals surface area contributed by atoms with Gasteiger partial charge in [-0.1, -0.05) is 13.8 Å². The molecular weight excluding hydrogens is 510 g/mol. The number of aromatic amines is 1. The molecule has 0 bridgehead atoms. The minimum Gasteiger partial charge on any atom is -0.473 e. The molecule has 2 aromatic heterocycles. The number of anilines is 1. The molecule has 4 heterocycles. The van der Waals surface area contributed by atoms with E-state index in [-0.39, 0.29) is 41.9 Å². The number of hydrogen-bond donors (Lipinski definition) is 2. The summed E-state index contributed by atoms with van der Waals surface area (Å²) in [6.07, 6.45) is 2.19. The Bertz CT molecular complexity index is 1530. The van der Waals surface area contributed by atoms with Crippen molar-refractivity contribution in [1.82, 2.24) is 19.8 Å². The fraction of sp³-hybridized carbons (Fsp3) is 0.370. The first-order chi connectivity index (χ1) is 18.5. The Morgan fingerprint density at radius 3 is 2.82 bits per heavy atom. The molecule has 0 aliphatic carbocycles. The number of ether oxygens (including phenoxy) is 1. The van der Waals surface area contributed by atoms with Crippen molar-refractivity contribution in [2.45, 2.75) is 44.5 Å². The minimum absolute atomic E-state index is 0.0139. The second-order valence-corrected chi connectivity index (χ2v) is 10.3. The van der Waals surface area contributed by atoms with E-state index in [2.05, 4.69) is 20.1 Å². The van der Waals surface area contributed by atoms with Gasteiger partial charge >= 0.3 is 6.17 Å². The van der Waals surface area contributed by atoms with E-state index in [1.165, 1.54) is 35.3 Å². The predicted molar refractivity (Wildman–Crippen MR) is 136 cm³/mol. The summed E-state index contributed by atoms with van der Waals surface area (Å²) < 4.78 is 34.0. The van der Waals surface area contributed by atoms with Crippen molar-refractivity contribution in [2.24, 2.45) is 5.92 Å². The Labute approximate surface area is 222 Å². The number of aromatic nitrogens is 2. The maximum Gasteiger partial charge on any atom is 0.305 e. The van der Waals surface area contributed by atoms with Gasteiger partial charge in [-0.25, -0.2) is 15.4 Å². The number of likely N-dealkylation sites (tertiary alicyclic amines) is 1. The fourth-order valence-electron chi connectivity index (χ4n) is 5.16. The quantitative estimate of drug-likeness (QED) is 0.485. The number of pyridine rings is 1. The number of hydrogen-bond acceptors (Lipinski definition) is 5. The summed E-state index contributed by atoms with van der Waals surface area (Å²) in [6, 6.07) is 3.69. The molecule has 1 fully saturated rings. The summed E-state index contributed by atoms with van der Waals surface area (Å²) in [5.74, 6) is -2.83. The molecule has 2 aliphatic rings. The SMILES string of the molecule is [C-]#[N+][C@@H]1CC2(CN1C(=O)[C@H](CC(C)C)N(C)C(=O)c1cc3c(F)cc(F)cc3[nH]1)Oc1ccncc1NC2=O. The zero-order chi connectivity index (χ0) is 28.1. The third-order valence-electron chi connectivity index (χ3n) is 7.13. The standard InChI is InChI=1S/C27H26F2N6O4/c1-14(2)7-21(34(4)24(36)19-10-16-17(29)8-15(28)9-18(16)32-19)25(37)35-13-27(11-23(35)30-3)26(38)33-20-12-31-6-5-22(20)39-27/h5-6,8-10,12,14,21,23,32H,7,11,13H2,1-2,4H3,(H,33,38)/t21-,23-,27?/m0/s1. The van der Waals surface area contributed by atoms with Crippen LogP contribution < -0.4 is 10.1 Å². The van der Waals surface area contributed by atoms with Gasteiger partial charge in [-0.15, -0.1) is 0 Å². The van der Waals surface area contributed by atoms with Crippen LogP contribution >= 0.6 is 0 Å². The van der Waals surface area contributed by atoms with E-state index in [4.69, 9.17) is 11.3 Å². The minimum atomic E-state index is -1.47. The Kier molecular flexibility index (Phi) is 6.46. The van der Waals surface area contributed by atoms with E-state index < -0.39 is 47.2 Å². The normalized spacial score (nSPS) is 20.9. The third-order valence-corrected chi connectivity index (χ3v) is 7.13. The molecule has 2 N–H and O–H groups in total. The van der Waals surface area contributed by atoms with E-state index in [0.717, 1.165) is 12.1 Å². The van der Waals surface area contributed by atoms with E-state index in [1.54, 1.807) is 6.07 Å². The van der Waals surface area contributed by atoms with E-state index in [1.807, 2.05) is 13.8 Å². The van der Waals surface area contributed by atoms with Crippen LogP contribution in [0.1, 0.15) is 37.2 Å². The summed E-state index contributed by atoms with van der Waals surface area (Å²) in [5, 5.41) is 2.80. The van der Waals surface area contributed by atoms with E-state index in [0.29, 0.717) is 11.4 Å². The second-order valence-electron chi connectivity index (χ2n) is 10.3. The number of likely N-dealkylation sites (N-methyl/N-ethyl adjacent to an activating group) is 1. The van der Waals surface area contributed by atoms with Crippen LogP contribution in [0.4, 0.5) is 14.5 Å². The number of amides is 3. The summed E-state index contributed by atoms with van der Waals surface area (Å²) in [6.45, 7) is 11.3. The summed E-state index contributed by atoms with van der Waals surface area (Å²) in [5.41, 5.74) is -0.974. The van der Waals surface area contributed by atoms with Crippen molar-refractivity contribution in [1.29, 1.82) is 0 Å². The summed E-state index contributed by atoms with van der Waals surface area (Å²) >= 11 is 0. The van der Waals surface area contributed by atoms with Crippen molar-refractivity contribution in [2.75, 3.05) is 18.9 Å². The highest BCUT2D eigenvalue weighted by Crippen LogP contribution is 2.40. The smallest absolute Gasteiger partial charge is 0.305 e. The lowest BCUT2D eigenvalue weighted by Crippen LogP contribution is -2.55. The van der Waals surface area contributed by atoms with Crippen LogP contribution in [-0.2, 0) is 9.59 Å². The second kappa shape index (κ2) is 9.65. The number of carbonyl (C=O) groups is 3. The van der Waals surface area contributed by atoms with Gasteiger partial charge in [0, 0.05) is 30.8 Å². The molecule has 1 saturated heterocycles. The molecule has 10 nitrogen and oxygen atoms in total. The average molecular weight is 537 g/mol. The molecule has 1 unspecified atom stereocenters. The first kappa shape index (κ1) is 26.1. The van der Waals surface area contributed by atoms with Gasteiger partial charge in [0.05, 0.1) is 24.7 Å². The molecule has 0 radical (unpaired) electrons. The van der Waals surface area contributed by atoms with Gasteiger partial charge in [0.1, 0.15) is 34.8 Å². The van der Waals surface area contributed by atoms with Crippen LogP contribution in [0, 0.1) is 24.1 Å². The molecule has 12 heteroatoms. The number of carbonyl (C=O) groups excluding carboxylic acids is 3. The third kappa shape index (κ3) is 4.54. The fourth-order valence-corrected chi connectivity index (χ4v) is 5.16. The Balaban J connectivity index is 1.44. The van der Waals surface area contributed by atoms with Crippen molar-refractivity contribution in [3.05, 3.63) is 65.4 Å². The number of rotatable bonds is 5. The van der Waals surface area contributed by atoms with Crippen LogP contribution in [0.25, 0.3) is 15.7 Å². The maximum atomic E-state index is 14.2. The average Bonchev–Trinajstić information content (AvgIpc) is 3.49. The predicted octanol–water partition coefficient (Wildman–Crippen LogP) is 3.58. The molecule has 0 saturated carbocycles. The van der Waals surface area contributed by atoms with Gasteiger partial charge in [0.25, 0.3) is 17.7 Å². The van der Waals surface area contributed by atoms with Crippen molar-refractivity contribution < 1.29 is 27.9 Å². The van der Waals surface area contributed by atoms with Crippen molar-refractivity contribution >= 4 is 34.3 Å². The van der Waals surface area contributed by atoms with Crippen LogP contribution in [0.15, 0.2) is 36.7 Å². The zero-order valence-electron chi connectivity index (χ0n) is 21.5. The van der Waals surface area contributed by atoms with E-state index >= 15 is 0 Å². The van der Waals surface area contributed by atoms with Gasteiger partial charge in [0.15, 0.2) is 0 Å². The van der Waals surface area contributed by atoms with Crippen LogP contribution in [0.5, 0.6) is 5.75 Å². The lowest BCUT2D eigenvalue weighted by atomic mass is 9.98. The first-order valence-electron chi connectivity index (χ1n) is 12.4. The number of nitrogens with one attached hydrogen (secondary N) is 2. The van der Waals surface area contributed by atoms with Gasteiger partial charge in [-0.3, -0.25) is 29.1 Å². The largest absolute Gasteiger partial charge is 0.473 e. The first-order valence-corrected chi connectivity index (χ1v) is 12.4. The van der Waals surface area contributed by atoms with Crippen molar-refractivity contribution in [3.63, 3.8) is 0 Å². The lowest BCUT2D eigenvalue weighted by Gasteiger charge is -2.34. The Morgan fingerprint density at radius 2 is 2.10 bits per heavy atom. The monoisotopic (exact) mass is 536 g/mol. The molecule has 202 valence electrons. The molecule has 3 atom stereocenters. The number of benzene rings is 1. The zero-order valence-corrected chi connectivity index (χ0v) is 21.5. The highest BCUT2D eigenvalue weighted by atomic mass is 19.1. The number of nitrogens with zero attached hydrogens (tertiary/aromatic N) is 4. The van der Waals surface area contributed by atoms with Gasteiger partial charge in [-0.2, -0.15) is 0 Å². The molecular formula is C27H26F2N6O4. The number of halogens is 2. The van der Waals surface area contributed by atoms with Gasteiger partial charge < -0.3 is 19.9 Å². The molecule has 2 aliphatic heterocycles. The van der Waals surface area contributed by atoms with Crippen LogP contribution in [0.2, 0.25) is 0 Å². The number of fused-ring (bicyclic) bond motifs is 2. The van der Waals surface area contributed by atoms with E-state index in [9.17, 15) is 23.2 Å². The topological polar surface area (TPSA) is 112 Å². The highest BCUT2D eigenvalue weighted by molar-refractivity contribution is 6.03. The van der Waals surface area contributed by atoms with Gasteiger partial charge in [-0.05, 0) is 24.5 Å². The Morgan fingerprint density at radius 1 is 1.33 bits per heavy atom. The molecule has 5 rings (SSSR count). The van der Waals surface area contributed by atoms with Crippen molar-refractivity contribution in [3.8, 4) is 5.75 Å². The van der Waals surface area contributed by atoms with Crippen LogP contribution in [-0.4, -0.2) is 68.9 Å². The molecule has 1 aromatic carbocycles. The Hall–Kier alpha value is -4.53. The summed E-state index contributed by atoms with van der Waals surface area (Å²) in [7, 11) is 1.45. The summed E-state index contributed by atoms with van der Waals surface area (Å²) in [4.78, 5) is 53.3. The molecule has 1 spiro atoms. The molecule has 3 aromatic rings. The maximum absolute atomic E-state index is 14.2. The lowest BCUT2D eigenvalue weighted by molar-refractivity contribution is -0.138. The molecule has 39 heavy (non-hydrogen) atoms. The highest BCUT2D eigenvalue weighted by Gasteiger charge is 2.59.